The second-order valence-corrected chi connectivity index (χ2v) is 7.35. The van der Waals surface area contributed by atoms with Gasteiger partial charge in [0.15, 0.2) is 11.5 Å². The summed E-state index contributed by atoms with van der Waals surface area (Å²) in [6.07, 6.45) is 1.54. The van der Waals surface area contributed by atoms with Gasteiger partial charge < -0.3 is 14.8 Å². The molecule has 0 bridgehead atoms. The maximum atomic E-state index is 12.4. The summed E-state index contributed by atoms with van der Waals surface area (Å²) in [4.78, 5) is 12.4. The minimum Gasteiger partial charge on any atom is -0.493 e. The van der Waals surface area contributed by atoms with Crippen molar-refractivity contribution < 1.29 is 14.3 Å². The third-order valence-electron chi connectivity index (χ3n) is 3.59. The number of nitriles is 1. The molecule has 0 spiro atoms. The second kappa shape index (κ2) is 9.42. The molecule has 0 unspecified atom stereocenters. The smallest absolute Gasteiger partial charge is 0.266 e. The molecule has 6 heteroatoms. The van der Waals surface area contributed by atoms with Crippen LogP contribution in [0.1, 0.15) is 25.0 Å². The summed E-state index contributed by atoms with van der Waals surface area (Å²) in [7, 11) is 1.56. The predicted molar refractivity (Wildman–Crippen MR) is 115 cm³/mol. The Labute approximate surface area is 173 Å². The van der Waals surface area contributed by atoms with E-state index in [0.29, 0.717) is 22.7 Å². The van der Waals surface area contributed by atoms with Crippen LogP contribution in [0.4, 0.5) is 5.69 Å². The zero-order chi connectivity index (χ0) is 20.0. The molecule has 0 atom stereocenters. The number of benzene rings is 2. The first-order valence-corrected chi connectivity index (χ1v) is 9.46. The van der Waals surface area contributed by atoms with Gasteiger partial charge in [-0.3, -0.25) is 4.79 Å². The Morgan fingerprint density at radius 1 is 1.26 bits per heavy atom. The van der Waals surface area contributed by atoms with Gasteiger partial charge in [-0.05, 0) is 79.3 Å². The third kappa shape index (κ3) is 5.73. The van der Waals surface area contributed by atoms with Crippen molar-refractivity contribution in [2.45, 2.75) is 26.9 Å². The predicted octanol–water partition coefficient (Wildman–Crippen LogP) is 4.94. The minimum absolute atomic E-state index is 0.00349. The number of anilines is 1. The van der Waals surface area contributed by atoms with Gasteiger partial charge in [0, 0.05) is 5.69 Å². The average Bonchev–Trinajstić information content (AvgIpc) is 2.63. The fourth-order valence-corrected chi connectivity index (χ4v) is 3.08. The standard InChI is InChI=1S/C21H21IN2O3/c1-13(2)27-20-18(22)10-15(11-19(20)26-4)9-16(12-23)21(25)24-17-7-5-14(3)6-8-17/h5-11,13H,1-4H3,(H,24,25)/b16-9+. The van der Waals surface area contributed by atoms with Gasteiger partial charge in [-0.2, -0.15) is 5.26 Å². The van der Waals surface area contributed by atoms with E-state index in [-0.39, 0.29) is 11.7 Å². The highest BCUT2D eigenvalue weighted by atomic mass is 127. The molecule has 2 rings (SSSR count). The Morgan fingerprint density at radius 3 is 2.48 bits per heavy atom. The summed E-state index contributed by atoms with van der Waals surface area (Å²) in [6, 6.07) is 12.9. The fourth-order valence-electron chi connectivity index (χ4n) is 2.32. The monoisotopic (exact) mass is 476 g/mol. The first kappa shape index (κ1) is 20.8. The Bertz CT molecular complexity index is 897. The number of hydrogen-bond acceptors (Lipinski definition) is 4. The van der Waals surface area contributed by atoms with E-state index in [1.807, 2.05) is 45.0 Å². The number of halogens is 1. The lowest BCUT2D eigenvalue weighted by Crippen LogP contribution is -2.13. The van der Waals surface area contributed by atoms with Crippen molar-refractivity contribution >= 4 is 40.3 Å². The fraction of sp³-hybridized carbons (Fsp3) is 0.238. The highest BCUT2D eigenvalue weighted by Gasteiger charge is 2.15. The van der Waals surface area contributed by atoms with E-state index in [0.717, 1.165) is 9.13 Å². The molecule has 27 heavy (non-hydrogen) atoms. The van der Waals surface area contributed by atoms with Gasteiger partial charge in [-0.15, -0.1) is 0 Å². The molecular formula is C21H21IN2O3. The van der Waals surface area contributed by atoms with Crippen LogP contribution in [0.25, 0.3) is 6.08 Å². The number of ether oxygens (including phenoxy) is 2. The van der Waals surface area contributed by atoms with Crippen LogP contribution in [0.5, 0.6) is 11.5 Å². The first-order valence-electron chi connectivity index (χ1n) is 8.38. The molecule has 5 nitrogen and oxygen atoms in total. The first-order chi connectivity index (χ1) is 12.8. The Balaban J connectivity index is 2.31. The van der Waals surface area contributed by atoms with Crippen molar-refractivity contribution in [2.75, 3.05) is 12.4 Å². The van der Waals surface area contributed by atoms with E-state index >= 15 is 0 Å². The summed E-state index contributed by atoms with van der Waals surface area (Å²) in [5.74, 6) is 0.740. The normalized spacial score (nSPS) is 11.1. The molecule has 0 heterocycles. The van der Waals surface area contributed by atoms with Gasteiger partial charge >= 0.3 is 0 Å². The van der Waals surface area contributed by atoms with E-state index in [4.69, 9.17) is 9.47 Å². The van der Waals surface area contributed by atoms with Crippen molar-refractivity contribution in [2.24, 2.45) is 0 Å². The van der Waals surface area contributed by atoms with Crippen LogP contribution in [0.2, 0.25) is 0 Å². The molecule has 1 N–H and O–H groups in total. The van der Waals surface area contributed by atoms with Crippen LogP contribution >= 0.6 is 22.6 Å². The number of hydrogen-bond donors (Lipinski definition) is 1. The van der Waals surface area contributed by atoms with Gasteiger partial charge in [-0.25, -0.2) is 0 Å². The number of aryl methyl sites for hydroxylation is 1. The molecule has 0 aliphatic heterocycles. The quantitative estimate of drug-likeness (QED) is 0.364. The lowest BCUT2D eigenvalue weighted by molar-refractivity contribution is -0.112. The minimum atomic E-state index is -0.460. The maximum absolute atomic E-state index is 12.4. The van der Waals surface area contributed by atoms with Gasteiger partial charge in [0.2, 0.25) is 0 Å². The molecule has 0 saturated heterocycles. The topological polar surface area (TPSA) is 71.3 Å². The largest absolute Gasteiger partial charge is 0.493 e. The molecule has 2 aromatic carbocycles. The number of carbonyl (C=O) groups excluding carboxylic acids is 1. The zero-order valence-corrected chi connectivity index (χ0v) is 17.8. The van der Waals surface area contributed by atoms with Crippen molar-refractivity contribution in [1.82, 2.24) is 0 Å². The number of nitrogens with one attached hydrogen (secondary N) is 1. The molecule has 0 radical (unpaired) electrons. The van der Waals surface area contributed by atoms with Gasteiger partial charge in [-0.1, -0.05) is 17.7 Å². The molecule has 0 fully saturated rings. The van der Waals surface area contributed by atoms with E-state index in [1.165, 1.54) is 6.08 Å². The number of carbonyl (C=O) groups is 1. The highest BCUT2D eigenvalue weighted by Crippen LogP contribution is 2.35. The Morgan fingerprint density at radius 2 is 1.93 bits per heavy atom. The summed E-state index contributed by atoms with van der Waals surface area (Å²) < 4.78 is 12.0. The van der Waals surface area contributed by atoms with E-state index in [1.54, 1.807) is 25.3 Å². The lowest BCUT2D eigenvalue weighted by Gasteiger charge is -2.16. The van der Waals surface area contributed by atoms with Crippen LogP contribution in [-0.4, -0.2) is 19.1 Å². The number of rotatable bonds is 6. The summed E-state index contributed by atoms with van der Waals surface area (Å²) >= 11 is 2.15. The zero-order valence-electron chi connectivity index (χ0n) is 15.7. The van der Waals surface area contributed by atoms with Crippen LogP contribution in [0.3, 0.4) is 0 Å². The Hall–Kier alpha value is -2.53. The molecule has 140 valence electrons. The van der Waals surface area contributed by atoms with E-state index in [2.05, 4.69) is 27.9 Å². The summed E-state index contributed by atoms with van der Waals surface area (Å²) in [5.41, 5.74) is 2.42. The molecule has 0 aliphatic rings. The van der Waals surface area contributed by atoms with E-state index < -0.39 is 5.91 Å². The van der Waals surface area contributed by atoms with Crippen molar-refractivity contribution in [3.05, 3.63) is 56.7 Å². The molecule has 0 aliphatic carbocycles. The van der Waals surface area contributed by atoms with Crippen LogP contribution in [0.15, 0.2) is 42.0 Å². The highest BCUT2D eigenvalue weighted by molar-refractivity contribution is 14.1. The van der Waals surface area contributed by atoms with Crippen LogP contribution < -0.4 is 14.8 Å². The number of amides is 1. The molecule has 1 amide bonds. The van der Waals surface area contributed by atoms with Crippen molar-refractivity contribution in [3.63, 3.8) is 0 Å². The summed E-state index contributed by atoms with van der Waals surface area (Å²) in [6.45, 7) is 5.84. The van der Waals surface area contributed by atoms with Crippen LogP contribution in [-0.2, 0) is 4.79 Å². The Kier molecular flexibility index (Phi) is 7.25. The molecule has 2 aromatic rings. The average molecular weight is 476 g/mol. The van der Waals surface area contributed by atoms with Crippen molar-refractivity contribution in [1.29, 1.82) is 5.26 Å². The maximum Gasteiger partial charge on any atom is 0.266 e. The summed E-state index contributed by atoms with van der Waals surface area (Å²) in [5, 5.41) is 12.1. The lowest BCUT2D eigenvalue weighted by atomic mass is 10.1. The van der Waals surface area contributed by atoms with E-state index in [9.17, 15) is 10.1 Å². The number of methoxy groups -OCH3 is 1. The van der Waals surface area contributed by atoms with Gasteiger partial charge in [0.1, 0.15) is 11.6 Å². The second-order valence-electron chi connectivity index (χ2n) is 6.19. The SMILES string of the molecule is COc1cc(/C=C(\C#N)C(=O)Nc2ccc(C)cc2)cc(I)c1OC(C)C. The number of nitrogens with zero attached hydrogens (tertiary/aromatic N) is 1. The molecule has 0 saturated carbocycles. The molecular weight excluding hydrogens is 455 g/mol. The van der Waals surface area contributed by atoms with Crippen molar-refractivity contribution in [3.8, 4) is 17.6 Å². The van der Waals surface area contributed by atoms with Gasteiger partial charge in [0.25, 0.3) is 5.91 Å². The van der Waals surface area contributed by atoms with Crippen LogP contribution in [0, 0.1) is 21.8 Å². The molecule has 0 aromatic heterocycles. The third-order valence-corrected chi connectivity index (χ3v) is 4.39. The van der Waals surface area contributed by atoms with Gasteiger partial charge in [0.05, 0.1) is 16.8 Å².